The summed E-state index contributed by atoms with van der Waals surface area (Å²) in [5, 5.41) is 8.21. The standard InChI is InChI=1S/C16H30N4/c1-13-12-14(2)20(18-13)9-5-8-17-15(3)16-6-10-19(4)11-7-16/h12,15-17H,5-11H2,1-4H3. The highest BCUT2D eigenvalue weighted by Gasteiger charge is 2.21. The van der Waals surface area contributed by atoms with Crippen LogP contribution in [0.1, 0.15) is 37.6 Å². The number of piperidine rings is 1. The molecule has 0 spiro atoms. The summed E-state index contributed by atoms with van der Waals surface area (Å²) < 4.78 is 2.12. The molecule has 0 bridgehead atoms. The molecular weight excluding hydrogens is 248 g/mol. The molecule has 0 saturated carbocycles. The first-order chi connectivity index (χ1) is 9.56. The first-order valence-electron chi connectivity index (χ1n) is 7.99. The van der Waals surface area contributed by atoms with Crippen molar-refractivity contribution in [2.75, 3.05) is 26.7 Å². The van der Waals surface area contributed by atoms with E-state index in [2.05, 4.69) is 53.9 Å². The Kier molecular flexibility index (Phi) is 5.61. The molecule has 1 aliphatic heterocycles. The lowest BCUT2D eigenvalue weighted by Crippen LogP contribution is -2.41. The fourth-order valence-corrected chi connectivity index (χ4v) is 3.16. The smallest absolute Gasteiger partial charge is 0.0596 e. The van der Waals surface area contributed by atoms with Crippen LogP contribution in [0.5, 0.6) is 0 Å². The molecule has 0 radical (unpaired) electrons. The van der Waals surface area contributed by atoms with Gasteiger partial charge in [-0.25, -0.2) is 0 Å². The summed E-state index contributed by atoms with van der Waals surface area (Å²) in [7, 11) is 2.22. The third kappa shape index (κ3) is 4.32. The van der Waals surface area contributed by atoms with Crippen LogP contribution in [0.4, 0.5) is 0 Å². The number of hydrogen-bond acceptors (Lipinski definition) is 3. The Bertz CT molecular complexity index is 405. The molecule has 0 aliphatic carbocycles. The molecule has 4 nitrogen and oxygen atoms in total. The number of aryl methyl sites for hydroxylation is 3. The van der Waals surface area contributed by atoms with Crippen LogP contribution in [0.15, 0.2) is 6.07 Å². The maximum atomic E-state index is 4.51. The first kappa shape index (κ1) is 15.5. The second-order valence-corrected chi connectivity index (χ2v) is 6.39. The molecule has 20 heavy (non-hydrogen) atoms. The number of rotatable bonds is 6. The highest BCUT2D eigenvalue weighted by Crippen LogP contribution is 2.19. The van der Waals surface area contributed by atoms with Crippen LogP contribution in [-0.2, 0) is 6.54 Å². The van der Waals surface area contributed by atoms with Crippen LogP contribution in [0.3, 0.4) is 0 Å². The molecular formula is C16H30N4. The fourth-order valence-electron chi connectivity index (χ4n) is 3.16. The normalized spacial score (nSPS) is 19.4. The van der Waals surface area contributed by atoms with E-state index in [1.807, 2.05) is 0 Å². The van der Waals surface area contributed by atoms with E-state index in [1.54, 1.807) is 0 Å². The van der Waals surface area contributed by atoms with E-state index in [4.69, 9.17) is 0 Å². The van der Waals surface area contributed by atoms with Gasteiger partial charge in [0.15, 0.2) is 0 Å². The van der Waals surface area contributed by atoms with Crippen LogP contribution in [0.25, 0.3) is 0 Å². The molecule has 2 heterocycles. The average molecular weight is 278 g/mol. The van der Waals surface area contributed by atoms with Crippen LogP contribution >= 0.6 is 0 Å². The average Bonchev–Trinajstić information content (AvgIpc) is 2.73. The van der Waals surface area contributed by atoms with E-state index in [0.29, 0.717) is 6.04 Å². The monoisotopic (exact) mass is 278 g/mol. The van der Waals surface area contributed by atoms with Gasteiger partial charge in [-0.05, 0) is 78.7 Å². The molecule has 1 unspecified atom stereocenters. The maximum absolute atomic E-state index is 4.51. The molecule has 1 N–H and O–H groups in total. The Labute approximate surface area is 123 Å². The Morgan fingerprint density at radius 1 is 1.35 bits per heavy atom. The van der Waals surface area contributed by atoms with Gasteiger partial charge in [0.05, 0.1) is 5.69 Å². The number of hydrogen-bond donors (Lipinski definition) is 1. The number of nitrogens with zero attached hydrogens (tertiary/aromatic N) is 3. The summed E-state index contributed by atoms with van der Waals surface area (Å²) in [6.45, 7) is 11.2. The van der Waals surface area contributed by atoms with Gasteiger partial charge in [0, 0.05) is 18.3 Å². The van der Waals surface area contributed by atoms with E-state index in [-0.39, 0.29) is 0 Å². The third-order valence-electron chi connectivity index (χ3n) is 4.59. The summed E-state index contributed by atoms with van der Waals surface area (Å²) in [6.07, 6.45) is 3.82. The minimum absolute atomic E-state index is 0.643. The Balaban J connectivity index is 1.64. The predicted molar refractivity (Wildman–Crippen MR) is 84.0 cm³/mol. The molecule has 1 fully saturated rings. The molecule has 0 aromatic carbocycles. The SMILES string of the molecule is Cc1cc(C)n(CCCNC(C)C2CCN(C)CC2)n1. The van der Waals surface area contributed by atoms with Crippen molar-refractivity contribution in [2.24, 2.45) is 5.92 Å². The Morgan fingerprint density at radius 3 is 2.65 bits per heavy atom. The van der Waals surface area contributed by atoms with Gasteiger partial charge in [0.2, 0.25) is 0 Å². The maximum Gasteiger partial charge on any atom is 0.0596 e. The lowest BCUT2D eigenvalue weighted by Gasteiger charge is -2.33. The zero-order valence-corrected chi connectivity index (χ0v) is 13.5. The van der Waals surface area contributed by atoms with E-state index in [9.17, 15) is 0 Å². The minimum atomic E-state index is 0.643. The van der Waals surface area contributed by atoms with Gasteiger partial charge in [0.25, 0.3) is 0 Å². The van der Waals surface area contributed by atoms with Crippen LogP contribution in [0.2, 0.25) is 0 Å². The van der Waals surface area contributed by atoms with Gasteiger partial charge in [-0.15, -0.1) is 0 Å². The van der Waals surface area contributed by atoms with Crippen molar-refractivity contribution in [3.8, 4) is 0 Å². The van der Waals surface area contributed by atoms with Crippen LogP contribution in [0, 0.1) is 19.8 Å². The van der Waals surface area contributed by atoms with Crippen LogP contribution in [-0.4, -0.2) is 47.4 Å². The van der Waals surface area contributed by atoms with E-state index in [0.717, 1.165) is 31.1 Å². The molecule has 1 atom stereocenters. The molecule has 4 heteroatoms. The van der Waals surface area contributed by atoms with Gasteiger partial charge >= 0.3 is 0 Å². The van der Waals surface area contributed by atoms with Gasteiger partial charge < -0.3 is 10.2 Å². The fraction of sp³-hybridized carbons (Fsp3) is 0.812. The van der Waals surface area contributed by atoms with Crippen molar-refractivity contribution in [2.45, 2.75) is 52.6 Å². The second-order valence-electron chi connectivity index (χ2n) is 6.39. The Morgan fingerprint density at radius 2 is 2.05 bits per heavy atom. The summed E-state index contributed by atoms with van der Waals surface area (Å²) >= 11 is 0. The molecule has 0 amide bonds. The molecule has 1 aliphatic rings. The van der Waals surface area contributed by atoms with Gasteiger partial charge in [-0.2, -0.15) is 5.10 Å². The van der Waals surface area contributed by atoms with Gasteiger partial charge in [0.1, 0.15) is 0 Å². The third-order valence-corrected chi connectivity index (χ3v) is 4.59. The van der Waals surface area contributed by atoms with E-state index in [1.165, 1.54) is 31.6 Å². The highest BCUT2D eigenvalue weighted by atomic mass is 15.3. The highest BCUT2D eigenvalue weighted by molar-refractivity contribution is 5.06. The minimum Gasteiger partial charge on any atom is -0.314 e. The van der Waals surface area contributed by atoms with Crippen LogP contribution < -0.4 is 5.32 Å². The van der Waals surface area contributed by atoms with Crippen molar-refractivity contribution < 1.29 is 0 Å². The zero-order chi connectivity index (χ0) is 14.5. The summed E-state index contributed by atoms with van der Waals surface area (Å²) in [4.78, 5) is 2.44. The largest absolute Gasteiger partial charge is 0.314 e. The van der Waals surface area contributed by atoms with Crippen molar-refractivity contribution in [3.63, 3.8) is 0 Å². The number of likely N-dealkylation sites (tertiary alicyclic amines) is 1. The second kappa shape index (κ2) is 7.23. The van der Waals surface area contributed by atoms with Crippen molar-refractivity contribution >= 4 is 0 Å². The quantitative estimate of drug-likeness (QED) is 0.810. The van der Waals surface area contributed by atoms with E-state index < -0.39 is 0 Å². The zero-order valence-electron chi connectivity index (χ0n) is 13.5. The molecule has 1 aromatic heterocycles. The van der Waals surface area contributed by atoms with Crippen molar-refractivity contribution in [1.82, 2.24) is 20.0 Å². The Hall–Kier alpha value is -0.870. The molecule has 114 valence electrons. The summed E-state index contributed by atoms with van der Waals surface area (Å²) in [5.74, 6) is 0.847. The van der Waals surface area contributed by atoms with E-state index >= 15 is 0 Å². The number of aromatic nitrogens is 2. The number of nitrogens with one attached hydrogen (secondary N) is 1. The first-order valence-corrected chi connectivity index (χ1v) is 7.99. The summed E-state index contributed by atoms with van der Waals surface area (Å²) in [5.41, 5.74) is 2.39. The van der Waals surface area contributed by atoms with Gasteiger partial charge in [-0.3, -0.25) is 4.68 Å². The molecule has 2 rings (SSSR count). The van der Waals surface area contributed by atoms with Gasteiger partial charge in [-0.1, -0.05) is 0 Å². The molecule has 1 aromatic rings. The van der Waals surface area contributed by atoms with Crippen molar-refractivity contribution in [1.29, 1.82) is 0 Å². The lowest BCUT2D eigenvalue weighted by atomic mass is 9.90. The summed E-state index contributed by atoms with van der Waals surface area (Å²) in [6, 6.07) is 2.79. The molecule has 1 saturated heterocycles. The van der Waals surface area contributed by atoms with Crippen molar-refractivity contribution in [3.05, 3.63) is 17.5 Å². The lowest BCUT2D eigenvalue weighted by molar-refractivity contribution is 0.190. The predicted octanol–water partition coefficient (Wildman–Crippen LogP) is 2.21. The topological polar surface area (TPSA) is 33.1 Å².